The third-order valence-electron chi connectivity index (χ3n) is 3.64. The summed E-state index contributed by atoms with van der Waals surface area (Å²) in [5.74, 6) is 1.35. The summed E-state index contributed by atoms with van der Waals surface area (Å²) in [4.78, 5) is 16.5. The Bertz CT molecular complexity index is 609. The van der Waals surface area contributed by atoms with E-state index in [0.29, 0.717) is 23.8 Å². The second-order valence-electron chi connectivity index (χ2n) is 6.47. The van der Waals surface area contributed by atoms with E-state index in [2.05, 4.69) is 29.5 Å². The van der Waals surface area contributed by atoms with Gasteiger partial charge in [0.1, 0.15) is 11.3 Å². The number of rotatable bonds is 11. The van der Waals surface area contributed by atoms with Gasteiger partial charge >= 0.3 is 5.97 Å². The lowest BCUT2D eigenvalue weighted by Gasteiger charge is -2.12. The van der Waals surface area contributed by atoms with Crippen LogP contribution in [0.5, 0.6) is 5.75 Å². The summed E-state index contributed by atoms with van der Waals surface area (Å²) >= 11 is 0. The standard InChI is InChI=1S/C20H33N3O4.HI/c1-6-21-20(22-10-7-11-27-14-15(2)3)23-13-16-8-9-18(25-4)17(12-16)19(24)26-5;/h8-9,12,15H,6-7,10-11,13-14H2,1-5H3,(H2,21,22,23);1H. The first-order chi connectivity index (χ1) is 13.0. The number of nitrogens with one attached hydrogen (secondary N) is 2. The van der Waals surface area contributed by atoms with Gasteiger partial charge in [0.05, 0.1) is 20.8 Å². The number of esters is 1. The number of hydrogen-bond donors (Lipinski definition) is 2. The number of aliphatic imine (C=N–C) groups is 1. The maximum Gasteiger partial charge on any atom is 0.341 e. The molecule has 0 bridgehead atoms. The van der Waals surface area contributed by atoms with Crippen LogP contribution in [0.25, 0.3) is 0 Å². The highest BCUT2D eigenvalue weighted by Gasteiger charge is 2.13. The Balaban J connectivity index is 0.00000729. The van der Waals surface area contributed by atoms with Gasteiger partial charge in [-0.25, -0.2) is 9.79 Å². The maximum absolute atomic E-state index is 11.9. The lowest BCUT2D eigenvalue weighted by Crippen LogP contribution is -2.38. The van der Waals surface area contributed by atoms with Crippen LogP contribution in [0.3, 0.4) is 0 Å². The minimum Gasteiger partial charge on any atom is -0.496 e. The SMILES string of the molecule is CCNC(=NCc1ccc(OC)c(C(=O)OC)c1)NCCCOCC(C)C.I. The number of halogens is 1. The first kappa shape index (κ1) is 26.4. The van der Waals surface area contributed by atoms with Crippen molar-refractivity contribution in [3.8, 4) is 5.75 Å². The zero-order valence-corrected chi connectivity index (χ0v) is 19.9. The summed E-state index contributed by atoms with van der Waals surface area (Å²) in [7, 11) is 2.88. The molecule has 0 fully saturated rings. The van der Waals surface area contributed by atoms with Crippen molar-refractivity contribution in [1.82, 2.24) is 10.6 Å². The number of guanidine groups is 1. The second kappa shape index (κ2) is 15.4. The first-order valence-electron chi connectivity index (χ1n) is 9.36. The van der Waals surface area contributed by atoms with Crippen molar-refractivity contribution in [2.45, 2.75) is 33.7 Å². The molecule has 28 heavy (non-hydrogen) atoms. The van der Waals surface area contributed by atoms with Crippen molar-refractivity contribution >= 4 is 35.9 Å². The van der Waals surface area contributed by atoms with E-state index < -0.39 is 5.97 Å². The number of ether oxygens (including phenoxy) is 3. The predicted octanol–water partition coefficient (Wildman–Crippen LogP) is 3.22. The highest BCUT2D eigenvalue weighted by atomic mass is 127. The molecule has 0 saturated heterocycles. The minimum atomic E-state index is -0.427. The molecule has 1 rings (SSSR count). The second-order valence-corrected chi connectivity index (χ2v) is 6.47. The van der Waals surface area contributed by atoms with Crippen LogP contribution in [0.2, 0.25) is 0 Å². The minimum absolute atomic E-state index is 0. The molecule has 0 heterocycles. The zero-order valence-electron chi connectivity index (χ0n) is 17.5. The highest BCUT2D eigenvalue weighted by molar-refractivity contribution is 14.0. The molecule has 0 aromatic heterocycles. The van der Waals surface area contributed by atoms with Crippen molar-refractivity contribution in [2.24, 2.45) is 10.9 Å². The highest BCUT2D eigenvalue weighted by Crippen LogP contribution is 2.21. The summed E-state index contributed by atoms with van der Waals surface area (Å²) in [6.45, 7) is 9.79. The predicted molar refractivity (Wildman–Crippen MR) is 123 cm³/mol. The molecule has 0 aliphatic carbocycles. The summed E-state index contributed by atoms with van der Waals surface area (Å²) in [6.07, 6.45) is 0.909. The monoisotopic (exact) mass is 507 g/mol. The van der Waals surface area contributed by atoms with Crippen molar-refractivity contribution < 1.29 is 19.0 Å². The first-order valence-corrected chi connectivity index (χ1v) is 9.36. The van der Waals surface area contributed by atoms with Gasteiger partial charge in [-0.3, -0.25) is 0 Å². The molecule has 0 radical (unpaired) electrons. The Kier molecular flexibility index (Phi) is 14.5. The Morgan fingerprint density at radius 1 is 1.21 bits per heavy atom. The average Bonchev–Trinajstić information content (AvgIpc) is 2.67. The van der Waals surface area contributed by atoms with E-state index in [0.717, 1.165) is 44.2 Å². The number of benzene rings is 1. The average molecular weight is 507 g/mol. The summed E-state index contributed by atoms with van der Waals surface area (Å²) in [5, 5.41) is 6.51. The normalized spacial score (nSPS) is 11.0. The van der Waals surface area contributed by atoms with E-state index in [1.165, 1.54) is 14.2 Å². The van der Waals surface area contributed by atoms with E-state index in [-0.39, 0.29) is 24.0 Å². The zero-order chi connectivity index (χ0) is 20.1. The molecule has 160 valence electrons. The third kappa shape index (κ3) is 10.1. The smallest absolute Gasteiger partial charge is 0.341 e. The maximum atomic E-state index is 11.9. The lowest BCUT2D eigenvalue weighted by molar-refractivity contribution is 0.0597. The summed E-state index contributed by atoms with van der Waals surface area (Å²) in [5.41, 5.74) is 1.29. The number of carbonyl (C=O) groups is 1. The van der Waals surface area contributed by atoms with Gasteiger partial charge in [-0.1, -0.05) is 19.9 Å². The fourth-order valence-corrected chi connectivity index (χ4v) is 2.34. The van der Waals surface area contributed by atoms with Crippen molar-refractivity contribution in [2.75, 3.05) is 40.5 Å². The van der Waals surface area contributed by atoms with Crippen LogP contribution in [-0.4, -0.2) is 52.5 Å². The van der Waals surface area contributed by atoms with Crippen LogP contribution >= 0.6 is 24.0 Å². The fourth-order valence-electron chi connectivity index (χ4n) is 2.34. The molecule has 0 aliphatic rings. The summed E-state index contributed by atoms with van der Waals surface area (Å²) in [6, 6.07) is 5.39. The molecule has 7 nitrogen and oxygen atoms in total. The molecule has 1 aromatic rings. The Morgan fingerprint density at radius 2 is 1.96 bits per heavy atom. The molecule has 0 aliphatic heterocycles. The van der Waals surface area contributed by atoms with Gasteiger partial charge < -0.3 is 24.8 Å². The molecule has 0 unspecified atom stereocenters. The third-order valence-corrected chi connectivity index (χ3v) is 3.64. The van der Waals surface area contributed by atoms with Gasteiger partial charge in [-0.15, -0.1) is 24.0 Å². The van der Waals surface area contributed by atoms with Crippen LogP contribution in [0, 0.1) is 5.92 Å². The Morgan fingerprint density at radius 3 is 2.57 bits per heavy atom. The largest absolute Gasteiger partial charge is 0.496 e. The van der Waals surface area contributed by atoms with Crippen LogP contribution < -0.4 is 15.4 Å². The van der Waals surface area contributed by atoms with Gasteiger partial charge in [0, 0.05) is 26.3 Å². The molecular weight excluding hydrogens is 473 g/mol. The molecular formula is C20H34IN3O4. The van der Waals surface area contributed by atoms with E-state index in [4.69, 9.17) is 14.2 Å². The number of carbonyl (C=O) groups excluding carboxylic acids is 1. The molecule has 0 spiro atoms. The summed E-state index contributed by atoms with van der Waals surface area (Å²) < 4.78 is 15.6. The van der Waals surface area contributed by atoms with E-state index in [1.807, 2.05) is 13.0 Å². The Hall–Kier alpha value is -1.55. The van der Waals surface area contributed by atoms with Crippen LogP contribution in [-0.2, 0) is 16.0 Å². The van der Waals surface area contributed by atoms with Crippen molar-refractivity contribution in [3.63, 3.8) is 0 Å². The van der Waals surface area contributed by atoms with Gasteiger partial charge in [-0.2, -0.15) is 0 Å². The number of nitrogens with zero attached hydrogens (tertiary/aromatic N) is 1. The van der Waals surface area contributed by atoms with Crippen LogP contribution in [0.4, 0.5) is 0 Å². The van der Waals surface area contributed by atoms with Gasteiger partial charge in [0.25, 0.3) is 0 Å². The molecule has 1 aromatic carbocycles. The van der Waals surface area contributed by atoms with E-state index in [9.17, 15) is 4.79 Å². The molecule has 0 saturated carbocycles. The van der Waals surface area contributed by atoms with Gasteiger partial charge in [0.15, 0.2) is 5.96 Å². The molecule has 0 atom stereocenters. The molecule has 8 heteroatoms. The molecule has 0 amide bonds. The van der Waals surface area contributed by atoms with Crippen LogP contribution in [0.1, 0.15) is 43.1 Å². The topological polar surface area (TPSA) is 81.2 Å². The number of hydrogen-bond acceptors (Lipinski definition) is 5. The number of methoxy groups -OCH3 is 2. The molecule has 2 N–H and O–H groups in total. The van der Waals surface area contributed by atoms with Gasteiger partial charge in [0.2, 0.25) is 0 Å². The fraction of sp³-hybridized carbons (Fsp3) is 0.600. The lowest BCUT2D eigenvalue weighted by atomic mass is 10.1. The van der Waals surface area contributed by atoms with Gasteiger partial charge in [-0.05, 0) is 37.0 Å². The van der Waals surface area contributed by atoms with Crippen molar-refractivity contribution in [1.29, 1.82) is 0 Å². The van der Waals surface area contributed by atoms with Crippen molar-refractivity contribution in [3.05, 3.63) is 29.3 Å². The Labute approximate surface area is 185 Å². The van der Waals surface area contributed by atoms with Crippen LogP contribution in [0.15, 0.2) is 23.2 Å². The van der Waals surface area contributed by atoms with E-state index in [1.54, 1.807) is 12.1 Å². The quantitative estimate of drug-likeness (QED) is 0.158. The van der Waals surface area contributed by atoms with E-state index >= 15 is 0 Å².